The Hall–Kier alpha value is -2.90. The van der Waals surface area contributed by atoms with Crippen molar-refractivity contribution < 1.29 is 18.6 Å². The van der Waals surface area contributed by atoms with Crippen LogP contribution in [-0.2, 0) is 0 Å². The number of rotatable bonds is 3. The number of benzene rings is 2. The van der Waals surface area contributed by atoms with E-state index in [1.165, 1.54) is 12.1 Å². The first-order chi connectivity index (χ1) is 9.40. The van der Waals surface area contributed by atoms with Gasteiger partial charge in [0.2, 0.25) is 11.6 Å². The van der Waals surface area contributed by atoms with Crippen molar-refractivity contribution in [2.75, 3.05) is 0 Å². The van der Waals surface area contributed by atoms with Crippen molar-refractivity contribution in [1.82, 2.24) is 0 Å². The zero-order chi connectivity index (χ0) is 14.9. The Morgan fingerprint density at radius 3 is 1.40 bits per heavy atom. The Balaban J connectivity index is 2.57. The molecule has 0 amide bonds. The van der Waals surface area contributed by atoms with E-state index in [2.05, 4.69) is 0 Å². The number of nitrogens with zero attached hydrogens (tertiary/aromatic N) is 2. The second-order valence-electron chi connectivity index (χ2n) is 3.85. The summed E-state index contributed by atoms with van der Waals surface area (Å²) in [5.41, 5.74) is -1.15. The van der Waals surface area contributed by atoms with Gasteiger partial charge in [-0.1, -0.05) is 12.1 Å². The van der Waals surface area contributed by atoms with Gasteiger partial charge in [0.25, 0.3) is 0 Å². The molecule has 6 nitrogen and oxygen atoms in total. The Kier molecular flexibility index (Phi) is 3.38. The maximum absolute atomic E-state index is 13.2. The molecule has 8 heteroatoms. The molecule has 0 aliphatic heterocycles. The van der Waals surface area contributed by atoms with E-state index in [-0.39, 0.29) is 11.1 Å². The first-order valence-corrected chi connectivity index (χ1v) is 5.28. The van der Waals surface area contributed by atoms with Gasteiger partial charge in [-0.25, -0.2) is 0 Å². The highest BCUT2D eigenvalue weighted by Gasteiger charge is 2.18. The van der Waals surface area contributed by atoms with Gasteiger partial charge in [0.15, 0.2) is 0 Å². The van der Waals surface area contributed by atoms with Crippen LogP contribution in [0.15, 0.2) is 36.4 Å². The van der Waals surface area contributed by atoms with Crippen LogP contribution in [-0.4, -0.2) is 9.85 Å². The monoisotopic (exact) mass is 280 g/mol. The van der Waals surface area contributed by atoms with Crippen LogP contribution in [0.2, 0.25) is 0 Å². The summed E-state index contributed by atoms with van der Waals surface area (Å²) in [4.78, 5) is 19.5. The fourth-order valence-corrected chi connectivity index (χ4v) is 1.66. The van der Waals surface area contributed by atoms with Crippen molar-refractivity contribution in [3.05, 3.63) is 68.3 Å². The predicted molar refractivity (Wildman–Crippen MR) is 65.1 cm³/mol. The summed E-state index contributed by atoms with van der Waals surface area (Å²) in [6.45, 7) is 0. The molecule has 2 aromatic rings. The van der Waals surface area contributed by atoms with E-state index < -0.39 is 32.9 Å². The molecular weight excluding hydrogens is 274 g/mol. The van der Waals surface area contributed by atoms with E-state index in [9.17, 15) is 29.0 Å². The molecule has 0 atom stereocenters. The van der Waals surface area contributed by atoms with Gasteiger partial charge in [0, 0.05) is 12.1 Å². The van der Waals surface area contributed by atoms with Crippen LogP contribution in [0.4, 0.5) is 20.2 Å². The van der Waals surface area contributed by atoms with Gasteiger partial charge in [0.1, 0.15) is 0 Å². The molecule has 0 aliphatic carbocycles. The number of halogens is 2. The van der Waals surface area contributed by atoms with E-state index in [1.54, 1.807) is 0 Å². The highest BCUT2D eigenvalue weighted by atomic mass is 19.1. The van der Waals surface area contributed by atoms with E-state index in [0.717, 1.165) is 24.3 Å². The maximum atomic E-state index is 13.2. The lowest BCUT2D eigenvalue weighted by molar-refractivity contribution is -0.387. The third-order valence-corrected chi connectivity index (χ3v) is 2.62. The first kappa shape index (κ1) is 13.5. The fourth-order valence-electron chi connectivity index (χ4n) is 1.66. The molecule has 0 saturated heterocycles. The zero-order valence-electron chi connectivity index (χ0n) is 9.75. The van der Waals surface area contributed by atoms with Gasteiger partial charge in [-0.05, 0) is 23.3 Å². The highest BCUT2D eigenvalue weighted by molar-refractivity contribution is 5.68. The van der Waals surface area contributed by atoms with E-state index in [0.29, 0.717) is 0 Å². The third-order valence-electron chi connectivity index (χ3n) is 2.62. The second kappa shape index (κ2) is 5.00. The number of hydrogen-bond donors (Lipinski definition) is 0. The lowest BCUT2D eigenvalue weighted by Gasteiger charge is -2.03. The molecule has 0 N–H and O–H groups in total. The van der Waals surface area contributed by atoms with Crippen LogP contribution in [0.25, 0.3) is 11.1 Å². The van der Waals surface area contributed by atoms with Crippen LogP contribution >= 0.6 is 0 Å². The SMILES string of the molecule is O=[N+]([O-])c1cc(-c2ccc(F)c([N+](=O)[O-])c2)ccc1F. The predicted octanol–water partition coefficient (Wildman–Crippen LogP) is 3.45. The van der Waals surface area contributed by atoms with Crippen molar-refractivity contribution in [3.63, 3.8) is 0 Å². The molecule has 20 heavy (non-hydrogen) atoms. The molecule has 0 bridgehead atoms. The van der Waals surface area contributed by atoms with Crippen LogP contribution in [0.1, 0.15) is 0 Å². The molecule has 0 spiro atoms. The van der Waals surface area contributed by atoms with Gasteiger partial charge in [-0.2, -0.15) is 8.78 Å². The zero-order valence-corrected chi connectivity index (χ0v) is 9.75. The Morgan fingerprint density at radius 1 is 0.750 bits per heavy atom. The van der Waals surface area contributed by atoms with E-state index >= 15 is 0 Å². The largest absolute Gasteiger partial charge is 0.305 e. The second-order valence-corrected chi connectivity index (χ2v) is 3.85. The molecule has 0 fully saturated rings. The van der Waals surface area contributed by atoms with Crippen LogP contribution in [0.5, 0.6) is 0 Å². The summed E-state index contributed by atoms with van der Waals surface area (Å²) in [6, 6.07) is 6.07. The molecule has 0 unspecified atom stereocenters. The molecule has 0 aliphatic rings. The van der Waals surface area contributed by atoms with Crippen molar-refractivity contribution in [2.24, 2.45) is 0 Å². The van der Waals surface area contributed by atoms with E-state index in [1.807, 2.05) is 0 Å². The van der Waals surface area contributed by atoms with Gasteiger partial charge in [-0.15, -0.1) is 0 Å². The van der Waals surface area contributed by atoms with E-state index in [4.69, 9.17) is 0 Å². The average molecular weight is 280 g/mol. The maximum Gasteiger partial charge on any atom is 0.305 e. The van der Waals surface area contributed by atoms with Crippen LogP contribution in [0, 0.1) is 31.9 Å². The summed E-state index contributed by atoms with van der Waals surface area (Å²) < 4.78 is 26.4. The molecular formula is C12H6F2N2O4. The molecule has 0 radical (unpaired) electrons. The van der Waals surface area contributed by atoms with Crippen molar-refractivity contribution in [2.45, 2.75) is 0 Å². The molecule has 2 rings (SSSR count). The third kappa shape index (κ3) is 2.44. The summed E-state index contributed by atoms with van der Waals surface area (Å²) >= 11 is 0. The number of nitro benzene ring substituents is 2. The average Bonchev–Trinajstić information content (AvgIpc) is 2.39. The van der Waals surface area contributed by atoms with Gasteiger partial charge < -0.3 is 0 Å². The molecule has 0 saturated carbocycles. The summed E-state index contributed by atoms with van der Waals surface area (Å²) in [5.74, 6) is -2.04. The van der Waals surface area contributed by atoms with Crippen molar-refractivity contribution in [1.29, 1.82) is 0 Å². The fraction of sp³-hybridized carbons (Fsp3) is 0. The van der Waals surface area contributed by atoms with Crippen LogP contribution < -0.4 is 0 Å². The number of nitro groups is 2. The topological polar surface area (TPSA) is 86.3 Å². The Bertz CT molecular complexity index is 657. The van der Waals surface area contributed by atoms with Crippen LogP contribution in [0.3, 0.4) is 0 Å². The lowest BCUT2D eigenvalue weighted by Crippen LogP contribution is -1.95. The molecule has 102 valence electrons. The molecule has 2 aromatic carbocycles. The summed E-state index contributed by atoms with van der Waals surface area (Å²) in [5, 5.41) is 21.3. The first-order valence-electron chi connectivity index (χ1n) is 5.28. The van der Waals surface area contributed by atoms with Gasteiger partial charge in [-0.3, -0.25) is 20.2 Å². The summed E-state index contributed by atoms with van der Waals surface area (Å²) in [7, 11) is 0. The minimum absolute atomic E-state index is 0.182. The molecule has 0 aromatic heterocycles. The highest BCUT2D eigenvalue weighted by Crippen LogP contribution is 2.29. The van der Waals surface area contributed by atoms with Gasteiger partial charge >= 0.3 is 11.4 Å². The molecule has 0 heterocycles. The smallest absolute Gasteiger partial charge is 0.258 e. The lowest BCUT2D eigenvalue weighted by atomic mass is 10.0. The minimum Gasteiger partial charge on any atom is -0.258 e. The number of hydrogen-bond acceptors (Lipinski definition) is 4. The van der Waals surface area contributed by atoms with Gasteiger partial charge in [0.05, 0.1) is 9.85 Å². The summed E-state index contributed by atoms with van der Waals surface area (Å²) in [6.07, 6.45) is 0. The van der Waals surface area contributed by atoms with Crippen molar-refractivity contribution >= 4 is 11.4 Å². The standard InChI is InChI=1S/C12H6F2N2O4/c13-9-3-1-7(5-11(9)15(17)18)8-2-4-10(14)12(6-8)16(19)20/h1-6H. The quantitative estimate of drug-likeness (QED) is 0.636. The minimum atomic E-state index is -1.02. The normalized spacial score (nSPS) is 10.3. The van der Waals surface area contributed by atoms with Crippen molar-refractivity contribution in [3.8, 4) is 11.1 Å². The Morgan fingerprint density at radius 2 is 1.10 bits per heavy atom. The Labute approximate surface area is 110 Å².